The van der Waals surface area contributed by atoms with Crippen molar-refractivity contribution in [1.82, 2.24) is 8.97 Å². The zero-order valence-electron chi connectivity index (χ0n) is 26.4. The second kappa shape index (κ2) is 9.43. The molecule has 11 rings (SSSR count). The molecular weight excluding hydrogens is 583 g/mol. The lowest BCUT2D eigenvalue weighted by Gasteiger charge is -2.16. The standard InChI is InChI=1S/C45H29N3/c1-27-25-35(28-13-3-2-4-14-28)45(46-38-20-10-7-16-30(27)38)48-42-31-17-6-5-15-29(31)23-24-33(42)37-26-36-32-18-8-11-21-39(32)47-40-22-12-9-19-34(40)41(43(36)47)44(37)48/h2-24,26H,25H2,1H3. The van der Waals surface area contributed by atoms with Gasteiger partial charge in [0.1, 0.15) is 5.82 Å². The Kier molecular flexibility index (Phi) is 5.10. The van der Waals surface area contributed by atoms with Gasteiger partial charge in [0.15, 0.2) is 0 Å². The van der Waals surface area contributed by atoms with Gasteiger partial charge in [-0.15, -0.1) is 0 Å². The van der Waals surface area contributed by atoms with E-state index < -0.39 is 0 Å². The van der Waals surface area contributed by atoms with Gasteiger partial charge in [-0.1, -0.05) is 127 Å². The number of benzene rings is 7. The molecule has 0 atom stereocenters. The Morgan fingerprint density at radius 3 is 2.04 bits per heavy atom. The Morgan fingerprint density at radius 1 is 0.521 bits per heavy atom. The summed E-state index contributed by atoms with van der Waals surface area (Å²) >= 11 is 0. The molecule has 0 bridgehead atoms. The molecule has 1 aliphatic rings. The SMILES string of the molecule is CC1=c2ccccc2=NC(n2c3c4ccccc4ccc3c3cc4c5ccccc5n5c6ccccc6c(c32)c45)=C(c2ccccc2)C1. The Morgan fingerprint density at radius 2 is 1.19 bits per heavy atom. The molecule has 3 heteroatoms. The van der Waals surface area contributed by atoms with Crippen molar-refractivity contribution in [1.29, 1.82) is 0 Å². The molecule has 0 fully saturated rings. The van der Waals surface area contributed by atoms with Gasteiger partial charge in [-0.05, 0) is 53.8 Å². The maximum atomic E-state index is 5.68. The van der Waals surface area contributed by atoms with Crippen molar-refractivity contribution in [3.05, 3.63) is 162 Å². The van der Waals surface area contributed by atoms with E-state index in [-0.39, 0.29) is 0 Å². The molecule has 3 aromatic heterocycles. The molecule has 0 spiro atoms. The summed E-state index contributed by atoms with van der Waals surface area (Å²) in [5.74, 6) is 0.990. The molecule has 0 aliphatic carbocycles. The van der Waals surface area contributed by atoms with Crippen LogP contribution in [0.25, 0.3) is 87.6 Å². The number of para-hydroxylation sites is 3. The molecule has 0 radical (unpaired) electrons. The molecule has 0 unspecified atom stereocenters. The second-order valence-corrected chi connectivity index (χ2v) is 13.2. The van der Waals surface area contributed by atoms with Crippen molar-refractivity contribution < 1.29 is 0 Å². The Bertz CT molecular complexity index is 3140. The molecule has 0 saturated carbocycles. The fraction of sp³-hybridized carbons (Fsp3) is 0.0444. The average Bonchev–Trinajstić information content (AvgIpc) is 3.74. The van der Waals surface area contributed by atoms with Crippen LogP contribution in [0.5, 0.6) is 0 Å². The summed E-state index contributed by atoms with van der Waals surface area (Å²) < 4.78 is 5.02. The number of aromatic nitrogens is 2. The van der Waals surface area contributed by atoms with Crippen LogP contribution in [0.2, 0.25) is 0 Å². The van der Waals surface area contributed by atoms with Crippen molar-refractivity contribution in [2.45, 2.75) is 13.3 Å². The monoisotopic (exact) mass is 611 g/mol. The summed E-state index contributed by atoms with van der Waals surface area (Å²) in [5, 5.41) is 12.3. The van der Waals surface area contributed by atoms with Crippen LogP contribution in [0.15, 0.2) is 151 Å². The van der Waals surface area contributed by atoms with E-state index in [2.05, 4.69) is 161 Å². The third-order valence-corrected chi connectivity index (χ3v) is 10.6. The zero-order chi connectivity index (χ0) is 31.5. The maximum absolute atomic E-state index is 5.68. The summed E-state index contributed by atoms with van der Waals surface area (Å²) in [4.78, 5) is 5.68. The molecule has 10 aromatic rings. The molecule has 1 aliphatic heterocycles. The van der Waals surface area contributed by atoms with Gasteiger partial charge in [-0.3, -0.25) is 4.57 Å². The minimum absolute atomic E-state index is 0.806. The van der Waals surface area contributed by atoms with Gasteiger partial charge in [0.2, 0.25) is 0 Å². The molecular formula is C45H29N3. The van der Waals surface area contributed by atoms with E-state index in [1.54, 1.807) is 0 Å². The van der Waals surface area contributed by atoms with E-state index in [9.17, 15) is 0 Å². The van der Waals surface area contributed by atoms with E-state index in [4.69, 9.17) is 4.99 Å². The molecule has 7 aromatic carbocycles. The van der Waals surface area contributed by atoms with E-state index >= 15 is 0 Å². The lowest BCUT2D eigenvalue weighted by molar-refractivity contribution is 1.14. The van der Waals surface area contributed by atoms with E-state index in [0.717, 1.165) is 17.6 Å². The Balaban J connectivity index is 1.47. The normalized spacial score (nSPS) is 13.9. The van der Waals surface area contributed by atoms with Crippen LogP contribution in [-0.4, -0.2) is 8.97 Å². The number of rotatable bonds is 2. The topological polar surface area (TPSA) is 21.7 Å². The van der Waals surface area contributed by atoms with Gasteiger partial charge >= 0.3 is 0 Å². The third-order valence-electron chi connectivity index (χ3n) is 10.6. The highest BCUT2D eigenvalue weighted by molar-refractivity contribution is 6.35. The van der Waals surface area contributed by atoms with Gasteiger partial charge in [-0.25, -0.2) is 4.99 Å². The smallest absolute Gasteiger partial charge is 0.142 e. The summed E-state index contributed by atoms with van der Waals surface area (Å²) in [7, 11) is 0. The van der Waals surface area contributed by atoms with Crippen molar-refractivity contribution in [3.63, 3.8) is 0 Å². The van der Waals surface area contributed by atoms with Crippen LogP contribution in [-0.2, 0) is 0 Å². The third kappa shape index (κ3) is 3.30. The lowest BCUT2D eigenvalue weighted by atomic mass is 9.97. The summed E-state index contributed by atoms with van der Waals surface area (Å²) in [6, 6.07) is 53.2. The van der Waals surface area contributed by atoms with Crippen LogP contribution in [0, 0.1) is 0 Å². The highest BCUT2D eigenvalue weighted by atomic mass is 15.1. The number of nitrogens with zero attached hydrogens (tertiary/aromatic N) is 3. The number of hydrogen-bond acceptors (Lipinski definition) is 1. The zero-order valence-corrected chi connectivity index (χ0v) is 26.4. The van der Waals surface area contributed by atoms with Crippen molar-refractivity contribution in [2.24, 2.45) is 4.99 Å². The molecule has 48 heavy (non-hydrogen) atoms. The van der Waals surface area contributed by atoms with Crippen molar-refractivity contribution in [2.75, 3.05) is 0 Å². The summed E-state index contributed by atoms with van der Waals surface area (Å²) in [5.41, 5.74) is 9.93. The van der Waals surface area contributed by atoms with E-state index in [1.165, 1.54) is 92.6 Å². The van der Waals surface area contributed by atoms with Gasteiger partial charge < -0.3 is 4.40 Å². The molecule has 0 saturated heterocycles. The quantitative estimate of drug-likeness (QED) is 0.186. The van der Waals surface area contributed by atoms with Crippen LogP contribution >= 0.6 is 0 Å². The largest absolute Gasteiger partial charge is 0.308 e. The summed E-state index contributed by atoms with van der Waals surface area (Å²) in [6.45, 7) is 2.26. The van der Waals surface area contributed by atoms with Crippen LogP contribution in [0.3, 0.4) is 0 Å². The Hall–Kier alpha value is -6.19. The first-order valence-electron chi connectivity index (χ1n) is 16.7. The fourth-order valence-electron chi connectivity index (χ4n) is 8.59. The Labute approximate surface area is 275 Å². The predicted molar refractivity (Wildman–Crippen MR) is 202 cm³/mol. The van der Waals surface area contributed by atoms with Gasteiger partial charge in [-0.2, -0.15) is 0 Å². The van der Waals surface area contributed by atoms with E-state index in [1.807, 2.05) is 0 Å². The van der Waals surface area contributed by atoms with Gasteiger partial charge in [0.05, 0.1) is 32.9 Å². The molecule has 4 heterocycles. The highest BCUT2D eigenvalue weighted by Gasteiger charge is 2.27. The number of hydrogen-bond donors (Lipinski definition) is 0. The van der Waals surface area contributed by atoms with Gasteiger partial charge in [0, 0.05) is 43.3 Å². The van der Waals surface area contributed by atoms with E-state index in [0.29, 0.717) is 0 Å². The summed E-state index contributed by atoms with van der Waals surface area (Å²) in [6.07, 6.45) is 0.806. The minimum Gasteiger partial charge on any atom is -0.308 e. The van der Waals surface area contributed by atoms with Crippen molar-refractivity contribution in [3.8, 4) is 0 Å². The van der Waals surface area contributed by atoms with Crippen LogP contribution < -0.4 is 10.6 Å². The van der Waals surface area contributed by atoms with Crippen molar-refractivity contribution >= 4 is 87.6 Å². The molecule has 3 nitrogen and oxygen atoms in total. The number of fused-ring (bicyclic) bond motifs is 13. The molecule has 0 N–H and O–H groups in total. The first-order chi connectivity index (χ1) is 23.8. The first kappa shape index (κ1) is 25.9. The minimum atomic E-state index is 0.806. The van der Waals surface area contributed by atoms with Crippen LogP contribution in [0.1, 0.15) is 18.9 Å². The maximum Gasteiger partial charge on any atom is 0.142 e. The van der Waals surface area contributed by atoms with Gasteiger partial charge in [0.25, 0.3) is 0 Å². The molecule has 224 valence electrons. The number of allylic oxidation sites excluding steroid dienone is 1. The average molecular weight is 612 g/mol. The first-order valence-corrected chi connectivity index (χ1v) is 16.7. The van der Waals surface area contributed by atoms with Crippen LogP contribution in [0.4, 0.5) is 0 Å². The predicted octanol–water partition coefficient (Wildman–Crippen LogP) is 10.3. The molecule has 0 amide bonds. The second-order valence-electron chi connectivity index (χ2n) is 13.2. The fourth-order valence-corrected chi connectivity index (χ4v) is 8.59. The lowest BCUT2D eigenvalue weighted by Crippen LogP contribution is -2.25. The highest BCUT2D eigenvalue weighted by Crippen LogP contribution is 2.48.